The van der Waals surface area contributed by atoms with Gasteiger partial charge in [0.25, 0.3) is 0 Å². The molecule has 0 bridgehead atoms. The molecule has 0 spiro atoms. The molecule has 0 aromatic heterocycles. The van der Waals surface area contributed by atoms with Crippen LogP contribution >= 0.6 is 0 Å². The molecule has 0 aliphatic rings. The normalized spacial score (nSPS) is 8.55. The molecule has 1 rings (SSSR count). The van der Waals surface area contributed by atoms with Gasteiger partial charge in [0.1, 0.15) is 0 Å². The Morgan fingerprint density at radius 1 is 1.36 bits per heavy atom. The van der Waals surface area contributed by atoms with E-state index >= 15 is 0 Å². The minimum Gasteiger partial charge on any atom is -0.687 e. The van der Waals surface area contributed by atoms with Crippen molar-refractivity contribution in [2.75, 3.05) is 7.05 Å². The molecular formula is C9H12NRe-. The molecule has 0 saturated carbocycles. The van der Waals surface area contributed by atoms with Crippen molar-refractivity contribution in [2.24, 2.45) is 0 Å². The van der Waals surface area contributed by atoms with E-state index in [1.54, 1.807) is 0 Å². The first kappa shape index (κ1) is 10.7. The van der Waals surface area contributed by atoms with Crippen LogP contribution < -0.4 is 0 Å². The summed E-state index contributed by atoms with van der Waals surface area (Å²) in [6.45, 7) is 2.15. The average molecular weight is 320 g/mol. The second kappa shape index (κ2) is 5.35. The van der Waals surface area contributed by atoms with E-state index in [1.807, 2.05) is 19.2 Å². The van der Waals surface area contributed by atoms with Gasteiger partial charge < -0.3 is 5.32 Å². The summed E-state index contributed by atoms with van der Waals surface area (Å²) in [5.74, 6) is 0. The summed E-state index contributed by atoms with van der Waals surface area (Å²) in [7, 11) is 1.81. The fourth-order valence-corrected chi connectivity index (χ4v) is 0.915. The van der Waals surface area contributed by atoms with Crippen molar-refractivity contribution in [2.45, 2.75) is 13.3 Å². The van der Waals surface area contributed by atoms with Crippen molar-refractivity contribution in [1.29, 1.82) is 0 Å². The van der Waals surface area contributed by atoms with Crippen molar-refractivity contribution >= 4 is 5.69 Å². The van der Waals surface area contributed by atoms with Crippen molar-refractivity contribution in [1.82, 2.24) is 0 Å². The molecule has 1 aromatic rings. The topological polar surface area (TPSA) is 14.1 Å². The van der Waals surface area contributed by atoms with Crippen molar-refractivity contribution < 1.29 is 20.4 Å². The first-order chi connectivity index (χ1) is 4.86. The summed E-state index contributed by atoms with van der Waals surface area (Å²) in [6.07, 6.45) is 1.09. The Morgan fingerprint density at radius 2 is 2.09 bits per heavy atom. The molecule has 0 aliphatic carbocycles. The maximum absolute atomic E-state index is 4.08. The number of aryl methyl sites for hydroxylation is 1. The second-order valence-corrected chi connectivity index (χ2v) is 2.25. The molecule has 61 valence electrons. The van der Waals surface area contributed by atoms with E-state index in [4.69, 9.17) is 0 Å². The molecule has 0 fully saturated rings. The number of nitrogens with zero attached hydrogens (tertiary/aromatic N) is 1. The first-order valence-electron chi connectivity index (χ1n) is 3.55. The number of hydrogen-bond donors (Lipinski definition) is 0. The fourth-order valence-electron chi connectivity index (χ4n) is 0.915. The molecule has 1 radical (unpaired) electrons. The molecule has 0 amide bonds. The van der Waals surface area contributed by atoms with Gasteiger partial charge in [-0.15, -0.1) is 12.7 Å². The Bertz CT molecular complexity index is 191. The Hall–Kier alpha value is -0.318. The molecule has 1 aromatic carbocycles. The average Bonchev–Trinajstić information content (AvgIpc) is 2.05. The van der Waals surface area contributed by atoms with Gasteiger partial charge in [-0.05, 0) is 12.0 Å². The summed E-state index contributed by atoms with van der Waals surface area (Å²) in [5.41, 5.74) is 2.42. The van der Waals surface area contributed by atoms with E-state index in [1.165, 1.54) is 5.56 Å². The minimum absolute atomic E-state index is 0. The Balaban J connectivity index is 0.000001000. The molecular weight excluding hydrogens is 308 g/mol. The van der Waals surface area contributed by atoms with Crippen LogP contribution in [-0.2, 0) is 26.8 Å². The van der Waals surface area contributed by atoms with Gasteiger partial charge in [-0.25, -0.2) is 0 Å². The molecule has 0 N–H and O–H groups in total. The summed E-state index contributed by atoms with van der Waals surface area (Å²) < 4.78 is 0. The molecule has 0 unspecified atom stereocenters. The predicted octanol–water partition coefficient (Wildman–Crippen LogP) is 2.88. The van der Waals surface area contributed by atoms with E-state index in [9.17, 15) is 0 Å². The van der Waals surface area contributed by atoms with Gasteiger partial charge in [0.05, 0.1) is 0 Å². The molecule has 2 heteroatoms. The van der Waals surface area contributed by atoms with E-state index in [2.05, 4.69) is 24.4 Å². The Kier molecular flexibility index (Phi) is 5.19. The van der Waals surface area contributed by atoms with Crippen LogP contribution in [0.2, 0.25) is 0 Å². The van der Waals surface area contributed by atoms with Gasteiger partial charge in [0, 0.05) is 20.4 Å². The molecule has 0 heterocycles. The Morgan fingerprint density at radius 3 is 2.64 bits per heavy atom. The largest absolute Gasteiger partial charge is 0.687 e. The maximum atomic E-state index is 4.08. The van der Waals surface area contributed by atoms with Gasteiger partial charge in [0.15, 0.2) is 0 Å². The predicted molar refractivity (Wildman–Crippen MR) is 44.8 cm³/mol. The van der Waals surface area contributed by atoms with Crippen LogP contribution in [-0.4, -0.2) is 7.05 Å². The second-order valence-electron chi connectivity index (χ2n) is 2.25. The van der Waals surface area contributed by atoms with Crippen molar-refractivity contribution in [3.8, 4) is 0 Å². The summed E-state index contributed by atoms with van der Waals surface area (Å²) in [5, 5.41) is 4.08. The van der Waals surface area contributed by atoms with Crippen LogP contribution in [0.4, 0.5) is 5.69 Å². The fraction of sp³-hybridized carbons (Fsp3) is 0.333. The summed E-state index contributed by atoms with van der Waals surface area (Å²) in [4.78, 5) is 0. The third-order valence-corrected chi connectivity index (χ3v) is 1.58. The monoisotopic (exact) mass is 321 g/mol. The molecule has 1 nitrogen and oxygen atoms in total. The van der Waals surface area contributed by atoms with Gasteiger partial charge in [-0.1, -0.05) is 31.2 Å². The third kappa shape index (κ3) is 3.05. The van der Waals surface area contributed by atoms with Crippen LogP contribution in [0.25, 0.3) is 5.32 Å². The van der Waals surface area contributed by atoms with E-state index in [-0.39, 0.29) is 20.4 Å². The molecule has 11 heavy (non-hydrogen) atoms. The zero-order valence-corrected chi connectivity index (χ0v) is 9.56. The number of rotatable bonds is 2. The van der Waals surface area contributed by atoms with Gasteiger partial charge in [0.2, 0.25) is 0 Å². The van der Waals surface area contributed by atoms with Crippen LogP contribution in [0.3, 0.4) is 0 Å². The molecule has 0 saturated heterocycles. The van der Waals surface area contributed by atoms with Gasteiger partial charge in [-0.2, -0.15) is 0 Å². The third-order valence-electron chi connectivity index (χ3n) is 1.58. The zero-order valence-electron chi connectivity index (χ0n) is 6.84. The van der Waals surface area contributed by atoms with Crippen molar-refractivity contribution in [3.63, 3.8) is 0 Å². The van der Waals surface area contributed by atoms with Crippen LogP contribution in [0, 0.1) is 0 Å². The summed E-state index contributed by atoms with van der Waals surface area (Å²) >= 11 is 0. The van der Waals surface area contributed by atoms with Gasteiger partial charge >= 0.3 is 0 Å². The SMILES string of the molecule is CCc1cccc([N-]C)c1.[Re]. The van der Waals surface area contributed by atoms with Crippen LogP contribution in [0.1, 0.15) is 12.5 Å². The maximum Gasteiger partial charge on any atom is 0 e. The minimum atomic E-state index is 0. The molecule has 0 atom stereocenters. The summed E-state index contributed by atoms with van der Waals surface area (Å²) in [6, 6.07) is 8.29. The van der Waals surface area contributed by atoms with Gasteiger partial charge in [-0.3, -0.25) is 0 Å². The standard InChI is InChI=1S/C9H12N.Re/c1-3-8-5-4-6-9(7-8)10-2;/h4-7H,3H2,1-2H3;/q-1;. The first-order valence-corrected chi connectivity index (χ1v) is 3.55. The number of hydrogen-bond acceptors (Lipinski definition) is 0. The van der Waals surface area contributed by atoms with E-state index in [0.717, 1.165) is 12.1 Å². The van der Waals surface area contributed by atoms with E-state index < -0.39 is 0 Å². The van der Waals surface area contributed by atoms with Crippen LogP contribution in [0.15, 0.2) is 24.3 Å². The quantitative estimate of drug-likeness (QED) is 0.796. The van der Waals surface area contributed by atoms with Crippen molar-refractivity contribution in [3.05, 3.63) is 35.1 Å². The smallest absolute Gasteiger partial charge is 0 e. The van der Waals surface area contributed by atoms with Crippen LogP contribution in [0.5, 0.6) is 0 Å². The zero-order chi connectivity index (χ0) is 7.40. The molecule has 0 aliphatic heterocycles. The number of benzene rings is 1. The Labute approximate surface area is 81.9 Å². The van der Waals surface area contributed by atoms with E-state index in [0.29, 0.717) is 0 Å².